The van der Waals surface area contributed by atoms with Crippen molar-refractivity contribution >= 4 is 11.9 Å². The molecule has 1 atom stereocenters. The number of aryl methyl sites for hydroxylation is 2. The van der Waals surface area contributed by atoms with E-state index in [1.54, 1.807) is 22.7 Å². The molecule has 20 heavy (non-hydrogen) atoms. The minimum Gasteiger partial charge on any atom is -0.481 e. The van der Waals surface area contributed by atoms with Gasteiger partial charge in [-0.3, -0.25) is 14.3 Å². The zero-order valence-corrected chi connectivity index (χ0v) is 12.2. The molecule has 0 spiro atoms. The molecule has 6 nitrogen and oxygen atoms in total. The highest BCUT2D eigenvalue weighted by molar-refractivity contribution is 5.93. The minimum absolute atomic E-state index is 0.132. The first-order valence-electron chi connectivity index (χ1n) is 6.93. The van der Waals surface area contributed by atoms with Gasteiger partial charge in [-0.2, -0.15) is 5.10 Å². The molecule has 1 aromatic heterocycles. The third kappa shape index (κ3) is 2.42. The summed E-state index contributed by atoms with van der Waals surface area (Å²) in [7, 11) is 1.73. The second kappa shape index (κ2) is 5.26. The number of rotatable bonds is 4. The van der Waals surface area contributed by atoms with E-state index in [0.717, 1.165) is 12.1 Å². The molecule has 0 bridgehead atoms. The van der Waals surface area contributed by atoms with Crippen LogP contribution < -0.4 is 0 Å². The Hall–Kier alpha value is -1.85. The fourth-order valence-corrected chi connectivity index (χ4v) is 2.98. The number of amides is 1. The van der Waals surface area contributed by atoms with Crippen LogP contribution in [0.2, 0.25) is 0 Å². The van der Waals surface area contributed by atoms with E-state index in [1.807, 2.05) is 13.8 Å². The maximum atomic E-state index is 12.5. The lowest BCUT2D eigenvalue weighted by Gasteiger charge is -2.24. The van der Waals surface area contributed by atoms with Gasteiger partial charge in [0.2, 0.25) is 0 Å². The highest BCUT2D eigenvalue weighted by atomic mass is 16.4. The lowest BCUT2D eigenvalue weighted by atomic mass is 9.83. The van der Waals surface area contributed by atoms with Crippen LogP contribution in [0.4, 0.5) is 0 Å². The number of carbonyl (C=O) groups excluding carboxylic acids is 1. The molecular formula is C14H21N3O3. The van der Waals surface area contributed by atoms with Gasteiger partial charge in [-0.1, -0.05) is 13.3 Å². The van der Waals surface area contributed by atoms with Crippen LogP contribution in [0.5, 0.6) is 0 Å². The van der Waals surface area contributed by atoms with Crippen LogP contribution in [-0.2, 0) is 11.8 Å². The maximum absolute atomic E-state index is 12.5. The van der Waals surface area contributed by atoms with Crippen molar-refractivity contribution in [2.45, 2.75) is 33.1 Å². The number of carboxylic acid groups (broad SMARTS) is 1. The Labute approximate surface area is 118 Å². The minimum atomic E-state index is -0.796. The molecule has 2 rings (SSSR count). The van der Waals surface area contributed by atoms with Gasteiger partial charge in [0, 0.05) is 20.1 Å². The molecule has 1 fully saturated rings. The first-order chi connectivity index (χ1) is 9.39. The molecule has 1 amide bonds. The average Bonchev–Trinajstić information content (AvgIpc) is 2.94. The van der Waals surface area contributed by atoms with Gasteiger partial charge < -0.3 is 10.0 Å². The molecule has 1 N–H and O–H groups in total. The monoisotopic (exact) mass is 279 g/mol. The van der Waals surface area contributed by atoms with Crippen LogP contribution in [0.25, 0.3) is 0 Å². The van der Waals surface area contributed by atoms with Crippen LogP contribution in [0.15, 0.2) is 6.07 Å². The van der Waals surface area contributed by atoms with Crippen molar-refractivity contribution in [1.29, 1.82) is 0 Å². The van der Waals surface area contributed by atoms with Crippen molar-refractivity contribution in [2.24, 2.45) is 12.5 Å². The number of nitrogens with zero attached hydrogens (tertiary/aromatic N) is 3. The Morgan fingerprint density at radius 1 is 1.50 bits per heavy atom. The molecule has 0 aromatic carbocycles. The number of carboxylic acids is 1. The number of likely N-dealkylation sites (tertiary alicyclic amines) is 1. The molecule has 0 radical (unpaired) electrons. The lowest BCUT2D eigenvalue weighted by molar-refractivity contribution is -0.148. The Morgan fingerprint density at radius 3 is 2.70 bits per heavy atom. The zero-order chi connectivity index (χ0) is 14.9. The quantitative estimate of drug-likeness (QED) is 0.905. The molecule has 1 aliphatic heterocycles. The number of carbonyl (C=O) groups is 2. The summed E-state index contributed by atoms with van der Waals surface area (Å²) >= 11 is 0. The summed E-state index contributed by atoms with van der Waals surface area (Å²) in [6.07, 6.45) is 1.94. The molecule has 2 heterocycles. The van der Waals surface area contributed by atoms with Gasteiger partial charge in [0.25, 0.3) is 5.91 Å². The van der Waals surface area contributed by atoms with Crippen molar-refractivity contribution in [2.75, 3.05) is 13.1 Å². The van der Waals surface area contributed by atoms with E-state index in [2.05, 4.69) is 5.10 Å². The largest absolute Gasteiger partial charge is 0.481 e. The van der Waals surface area contributed by atoms with Gasteiger partial charge >= 0.3 is 5.97 Å². The summed E-state index contributed by atoms with van der Waals surface area (Å²) in [6.45, 7) is 4.59. The van der Waals surface area contributed by atoms with Crippen LogP contribution in [0.1, 0.15) is 42.4 Å². The van der Waals surface area contributed by atoms with E-state index < -0.39 is 11.4 Å². The molecule has 6 heteroatoms. The Morgan fingerprint density at radius 2 is 2.20 bits per heavy atom. The molecule has 0 saturated carbocycles. The predicted octanol–water partition coefficient (Wildman–Crippen LogP) is 1.45. The molecule has 1 unspecified atom stereocenters. The van der Waals surface area contributed by atoms with Crippen LogP contribution in [0, 0.1) is 12.3 Å². The molecule has 1 saturated heterocycles. The van der Waals surface area contributed by atoms with E-state index >= 15 is 0 Å². The fraction of sp³-hybridized carbons (Fsp3) is 0.643. The van der Waals surface area contributed by atoms with Crippen molar-refractivity contribution in [1.82, 2.24) is 14.7 Å². The van der Waals surface area contributed by atoms with Gasteiger partial charge in [0.15, 0.2) is 0 Å². The maximum Gasteiger partial charge on any atom is 0.311 e. The van der Waals surface area contributed by atoms with Crippen LogP contribution in [0.3, 0.4) is 0 Å². The predicted molar refractivity (Wildman–Crippen MR) is 73.4 cm³/mol. The third-order valence-corrected chi connectivity index (χ3v) is 4.04. The van der Waals surface area contributed by atoms with Crippen LogP contribution >= 0.6 is 0 Å². The van der Waals surface area contributed by atoms with E-state index in [9.17, 15) is 14.7 Å². The summed E-state index contributed by atoms with van der Waals surface area (Å²) in [4.78, 5) is 25.6. The van der Waals surface area contributed by atoms with Gasteiger partial charge in [0.1, 0.15) is 5.69 Å². The summed E-state index contributed by atoms with van der Waals surface area (Å²) in [5.41, 5.74) is 0.520. The van der Waals surface area contributed by atoms with E-state index in [4.69, 9.17) is 0 Å². The molecular weight excluding hydrogens is 258 g/mol. The number of hydrogen-bond donors (Lipinski definition) is 1. The SMILES string of the molecule is CCCC1(C(=O)O)CCN(C(=O)c2cc(C)nn2C)C1. The summed E-state index contributed by atoms with van der Waals surface area (Å²) in [6, 6.07) is 1.74. The number of hydrogen-bond acceptors (Lipinski definition) is 3. The van der Waals surface area contributed by atoms with Crippen LogP contribution in [-0.4, -0.2) is 44.8 Å². The standard InChI is InChI=1S/C14H21N3O3/c1-4-5-14(13(19)20)6-7-17(9-14)12(18)11-8-10(2)15-16(11)3/h8H,4-7,9H2,1-3H3,(H,19,20). The topological polar surface area (TPSA) is 75.4 Å². The summed E-state index contributed by atoms with van der Waals surface area (Å²) < 4.78 is 1.55. The molecule has 0 aliphatic carbocycles. The van der Waals surface area contributed by atoms with Crippen molar-refractivity contribution in [3.8, 4) is 0 Å². The van der Waals surface area contributed by atoms with Gasteiger partial charge in [-0.15, -0.1) is 0 Å². The van der Waals surface area contributed by atoms with Crippen molar-refractivity contribution in [3.05, 3.63) is 17.5 Å². The summed E-state index contributed by atoms with van der Waals surface area (Å²) in [5, 5.41) is 13.6. The van der Waals surface area contributed by atoms with E-state index in [1.165, 1.54) is 0 Å². The number of aliphatic carboxylic acids is 1. The Kier molecular flexibility index (Phi) is 3.83. The Balaban J connectivity index is 2.18. The molecule has 1 aliphatic rings. The first-order valence-corrected chi connectivity index (χ1v) is 6.93. The second-order valence-corrected chi connectivity index (χ2v) is 5.61. The van der Waals surface area contributed by atoms with Gasteiger partial charge in [-0.05, 0) is 25.8 Å². The zero-order valence-electron chi connectivity index (χ0n) is 12.2. The third-order valence-electron chi connectivity index (χ3n) is 4.04. The van der Waals surface area contributed by atoms with Crippen molar-refractivity contribution < 1.29 is 14.7 Å². The molecule has 110 valence electrons. The van der Waals surface area contributed by atoms with E-state index in [0.29, 0.717) is 31.6 Å². The van der Waals surface area contributed by atoms with E-state index in [-0.39, 0.29) is 5.91 Å². The first kappa shape index (κ1) is 14.6. The average molecular weight is 279 g/mol. The summed E-state index contributed by atoms with van der Waals surface area (Å²) in [5.74, 6) is -0.928. The molecule has 1 aromatic rings. The fourth-order valence-electron chi connectivity index (χ4n) is 2.98. The van der Waals surface area contributed by atoms with Gasteiger partial charge in [-0.25, -0.2) is 0 Å². The number of aromatic nitrogens is 2. The smallest absolute Gasteiger partial charge is 0.311 e. The second-order valence-electron chi connectivity index (χ2n) is 5.61. The highest BCUT2D eigenvalue weighted by Gasteiger charge is 2.45. The van der Waals surface area contributed by atoms with Gasteiger partial charge in [0.05, 0.1) is 11.1 Å². The highest BCUT2D eigenvalue weighted by Crippen LogP contribution is 2.36. The lowest BCUT2D eigenvalue weighted by Crippen LogP contribution is -2.37. The Bertz CT molecular complexity index is 538. The van der Waals surface area contributed by atoms with Crippen molar-refractivity contribution in [3.63, 3.8) is 0 Å². The normalized spacial score (nSPS) is 22.2.